The fraction of sp³-hybridized carbons (Fsp3) is 0.385. The van der Waals surface area contributed by atoms with E-state index in [1.165, 1.54) is 5.69 Å². The van der Waals surface area contributed by atoms with Crippen molar-refractivity contribution >= 4 is 35.2 Å². The molecule has 1 saturated carbocycles. The molecule has 0 aromatic heterocycles. The van der Waals surface area contributed by atoms with Gasteiger partial charge in [0, 0.05) is 42.8 Å². The van der Waals surface area contributed by atoms with Crippen molar-refractivity contribution in [2.24, 2.45) is 5.92 Å². The summed E-state index contributed by atoms with van der Waals surface area (Å²) in [4.78, 5) is 30.2. The molecule has 7 heteroatoms. The van der Waals surface area contributed by atoms with Crippen molar-refractivity contribution in [1.82, 2.24) is 10.2 Å². The van der Waals surface area contributed by atoms with Gasteiger partial charge < -0.3 is 19.9 Å². The van der Waals surface area contributed by atoms with Gasteiger partial charge in [-0.2, -0.15) is 0 Å². The molecular weight excluding hydrogens is 438 g/mol. The number of amides is 2. The van der Waals surface area contributed by atoms with Crippen molar-refractivity contribution in [3.05, 3.63) is 70.9 Å². The summed E-state index contributed by atoms with van der Waals surface area (Å²) in [6.07, 6.45) is 3.77. The molecule has 3 unspecified atom stereocenters. The Morgan fingerprint density at radius 2 is 1.82 bits per heavy atom. The van der Waals surface area contributed by atoms with Crippen LogP contribution in [0.15, 0.2) is 60.4 Å². The minimum atomic E-state index is -0.235. The Morgan fingerprint density at radius 3 is 2.58 bits per heavy atom. The molecule has 3 fully saturated rings. The van der Waals surface area contributed by atoms with Crippen molar-refractivity contribution in [2.75, 3.05) is 31.1 Å². The summed E-state index contributed by atoms with van der Waals surface area (Å²) < 4.78 is 6.06. The number of nitrogens with zero attached hydrogens (tertiary/aromatic N) is 2. The first-order valence-electron chi connectivity index (χ1n) is 11.6. The van der Waals surface area contributed by atoms with Gasteiger partial charge in [0.2, 0.25) is 5.91 Å². The van der Waals surface area contributed by atoms with E-state index in [-0.39, 0.29) is 29.9 Å². The lowest BCUT2D eigenvalue weighted by atomic mass is 9.82. The first kappa shape index (κ1) is 21.8. The van der Waals surface area contributed by atoms with Crippen LogP contribution in [-0.4, -0.2) is 55.0 Å². The van der Waals surface area contributed by atoms with Crippen molar-refractivity contribution in [2.45, 2.75) is 31.4 Å². The van der Waals surface area contributed by atoms with Gasteiger partial charge in [-0.15, -0.1) is 0 Å². The summed E-state index contributed by atoms with van der Waals surface area (Å²) in [6.45, 7) is 3.14. The van der Waals surface area contributed by atoms with Crippen LogP contribution in [0.1, 0.15) is 24.8 Å². The molecule has 6 nitrogen and oxygen atoms in total. The highest BCUT2D eigenvalue weighted by molar-refractivity contribution is 6.30. The minimum Gasteiger partial charge on any atom is -0.483 e. The summed E-state index contributed by atoms with van der Waals surface area (Å²) in [5.41, 5.74) is 2.03. The topological polar surface area (TPSA) is 61.9 Å². The second kappa shape index (κ2) is 9.48. The smallest absolute Gasteiger partial charge is 0.286 e. The van der Waals surface area contributed by atoms with Crippen molar-refractivity contribution in [1.29, 1.82) is 0 Å². The third-order valence-corrected chi connectivity index (χ3v) is 7.05. The highest BCUT2D eigenvalue weighted by Crippen LogP contribution is 2.33. The van der Waals surface area contributed by atoms with Gasteiger partial charge in [0.15, 0.2) is 5.76 Å². The number of anilines is 1. The fourth-order valence-electron chi connectivity index (χ4n) is 5.05. The number of para-hydroxylation sites is 1. The molecule has 172 valence electrons. The van der Waals surface area contributed by atoms with Crippen molar-refractivity contribution in [3.8, 4) is 0 Å². The number of nitrogens with one attached hydrogen (secondary N) is 1. The SMILES string of the molecule is O=C1NC2CC(C(=O)N3CCN(c4ccccc4)CC3)CCC2O/C1=C/c1cccc(Cl)c1. The van der Waals surface area contributed by atoms with Crippen LogP contribution < -0.4 is 10.2 Å². The molecule has 33 heavy (non-hydrogen) atoms. The van der Waals surface area contributed by atoms with Gasteiger partial charge in [0.25, 0.3) is 5.91 Å². The predicted octanol–water partition coefficient (Wildman–Crippen LogP) is 3.71. The molecule has 5 rings (SSSR count). The van der Waals surface area contributed by atoms with E-state index >= 15 is 0 Å². The third kappa shape index (κ3) is 4.86. The molecule has 2 aliphatic heterocycles. The summed E-state index contributed by atoms with van der Waals surface area (Å²) in [7, 11) is 0. The zero-order valence-corrected chi connectivity index (χ0v) is 19.2. The number of ether oxygens (including phenoxy) is 1. The normalized spacial score (nSPS) is 26.4. The van der Waals surface area contributed by atoms with Gasteiger partial charge >= 0.3 is 0 Å². The standard InChI is InChI=1S/C26H28ClN3O3/c27-20-6-4-5-18(15-20)16-24-25(31)28-22-17-19(9-10-23(22)33-24)26(32)30-13-11-29(12-14-30)21-7-2-1-3-8-21/h1-8,15-16,19,22-23H,9-14,17H2,(H,28,31)/b24-16+. The van der Waals surface area contributed by atoms with E-state index < -0.39 is 0 Å². The monoisotopic (exact) mass is 465 g/mol. The fourth-order valence-corrected chi connectivity index (χ4v) is 5.24. The molecule has 0 spiro atoms. The van der Waals surface area contributed by atoms with Gasteiger partial charge in [-0.1, -0.05) is 41.9 Å². The summed E-state index contributed by atoms with van der Waals surface area (Å²) >= 11 is 6.05. The number of hydrogen-bond acceptors (Lipinski definition) is 4. The van der Waals surface area contributed by atoms with E-state index in [2.05, 4.69) is 22.3 Å². The van der Waals surface area contributed by atoms with Crippen molar-refractivity contribution in [3.63, 3.8) is 0 Å². The second-order valence-corrected chi connectivity index (χ2v) is 9.39. The number of fused-ring (bicyclic) bond motifs is 1. The maximum atomic E-state index is 13.2. The van der Waals surface area contributed by atoms with Gasteiger partial charge in [0.05, 0.1) is 6.04 Å². The lowest BCUT2D eigenvalue weighted by Crippen LogP contribution is -2.56. The number of halogens is 1. The molecule has 0 radical (unpaired) electrons. The van der Waals surface area contributed by atoms with Gasteiger partial charge in [-0.25, -0.2) is 0 Å². The summed E-state index contributed by atoms with van der Waals surface area (Å²) in [5.74, 6) is 0.202. The average molecular weight is 466 g/mol. The van der Waals surface area contributed by atoms with Gasteiger partial charge in [0.1, 0.15) is 6.10 Å². The Bertz CT molecular complexity index is 1050. The Labute approximate surface area is 199 Å². The van der Waals surface area contributed by atoms with Crippen LogP contribution >= 0.6 is 11.6 Å². The second-order valence-electron chi connectivity index (χ2n) is 8.96. The molecule has 3 aliphatic rings. The molecule has 2 saturated heterocycles. The molecule has 2 aromatic rings. The van der Waals surface area contributed by atoms with E-state index in [1.54, 1.807) is 18.2 Å². The quantitative estimate of drug-likeness (QED) is 0.702. The van der Waals surface area contributed by atoms with Gasteiger partial charge in [-0.05, 0) is 55.2 Å². The van der Waals surface area contributed by atoms with Crippen molar-refractivity contribution < 1.29 is 14.3 Å². The first-order valence-corrected chi connectivity index (χ1v) is 12.0. The lowest BCUT2D eigenvalue weighted by molar-refractivity contribution is -0.141. The predicted molar refractivity (Wildman–Crippen MR) is 129 cm³/mol. The van der Waals surface area contributed by atoms with Crippen LogP contribution in [0.4, 0.5) is 5.69 Å². The maximum Gasteiger partial charge on any atom is 0.286 e. The maximum absolute atomic E-state index is 13.2. The molecule has 2 heterocycles. The molecule has 1 aliphatic carbocycles. The number of carbonyl (C=O) groups excluding carboxylic acids is 2. The van der Waals surface area contributed by atoms with E-state index in [0.29, 0.717) is 17.2 Å². The Morgan fingerprint density at radius 1 is 1.03 bits per heavy atom. The first-order chi connectivity index (χ1) is 16.1. The van der Waals surface area contributed by atoms with E-state index in [4.69, 9.17) is 16.3 Å². The number of piperazine rings is 1. The van der Waals surface area contributed by atoms with Crippen LogP contribution in [0, 0.1) is 5.92 Å². The van der Waals surface area contributed by atoms with Gasteiger partial charge in [-0.3, -0.25) is 9.59 Å². The zero-order chi connectivity index (χ0) is 22.8. The van der Waals surface area contributed by atoms with E-state index in [1.807, 2.05) is 35.2 Å². The number of hydrogen-bond donors (Lipinski definition) is 1. The zero-order valence-electron chi connectivity index (χ0n) is 18.5. The molecule has 2 amide bonds. The minimum absolute atomic E-state index is 0.0723. The number of morpholine rings is 1. The molecule has 3 atom stereocenters. The van der Waals surface area contributed by atoms with E-state index in [9.17, 15) is 9.59 Å². The molecular formula is C26H28ClN3O3. The van der Waals surface area contributed by atoms with Crippen LogP contribution in [-0.2, 0) is 14.3 Å². The summed E-state index contributed by atoms with van der Waals surface area (Å²) in [6, 6.07) is 17.5. The van der Waals surface area contributed by atoms with E-state index in [0.717, 1.165) is 44.6 Å². The number of rotatable bonds is 3. The molecule has 0 bridgehead atoms. The largest absolute Gasteiger partial charge is 0.483 e. The number of carbonyl (C=O) groups is 2. The highest BCUT2D eigenvalue weighted by atomic mass is 35.5. The van der Waals surface area contributed by atoms with Crippen LogP contribution in [0.2, 0.25) is 5.02 Å². The Kier molecular flexibility index (Phi) is 6.27. The van der Waals surface area contributed by atoms with Crippen LogP contribution in [0.5, 0.6) is 0 Å². The van der Waals surface area contributed by atoms with Crippen LogP contribution in [0.25, 0.3) is 6.08 Å². The average Bonchev–Trinajstić information content (AvgIpc) is 2.84. The molecule has 1 N–H and O–H groups in total. The lowest BCUT2D eigenvalue weighted by Gasteiger charge is -2.42. The molecule has 2 aromatic carbocycles. The number of benzene rings is 2. The summed E-state index contributed by atoms with van der Waals surface area (Å²) in [5, 5.41) is 3.69. The van der Waals surface area contributed by atoms with Crippen LogP contribution in [0.3, 0.4) is 0 Å². The Balaban J connectivity index is 1.17. The third-order valence-electron chi connectivity index (χ3n) is 6.81. The Hall–Kier alpha value is -2.99. The highest BCUT2D eigenvalue weighted by Gasteiger charge is 2.41.